The number of ether oxygens (including phenoxy) is 2. The van der Waals surface area contributed by atoms with Crippen LogP contribution in [-0.2, 0) is 13.1 Å². The van der Waals surface area contributed by atoms with E-state index in [0.717, 1.165) is 22.7 Å². The van der Waals surface area contributed by atoms with Crippen molar-refractivity contribution in [2.75, 3.05) is 28.3 Å². The molecule has 3 aromatic rings. The topological polar surface area (TPSA) is 64.9 Å². The van der Waals surface area contributed by atoms with Crippen molar-refractivity contribution in [1.82, 2.24) is 10.3 Å². The Balaban J connectivity index is 1.77. The van der Waals surface area contributed by atoms with Crippen LogP contribution in [0.1, 0.15) is 26.5 Å². The van der Waals surface area contributed by atoms with Gasteiger partial charge in [0.1, 0.15) is 16.4 Å². The highest BCUT2D eigenvalue weighted by Crippen LogP contribution is 2.35. The van der Waals surface area contributed by atoms with E-state index in [-0.39, 0.29) is 5.91 Å². The number of carbonyl (C=O) groups excluding carboxylic acids is 1. The van der Waals surface area contributed by atoms with E-state index in [2.05, 4.69) is 36.5 Å². The number of aromatic nitrogens is 1. The van der Waals surface area contributed by atoms with E-state index in [0.29, 0.717) is 28.6 Å². The van der Waals surface area contributed by atoms with Gasteiger partial charge in [-0.2, -0.15) is 0 Å². The Hall–Kier alpha value is -2.90. The average molecular weight is 427 g/mol. The van der Waals surface area contributed by atoms with E-state index in [1.54, 1.807) is 14.2 Å². The smallest absolute Gasteiger partial charge is 0.263 e. The predicted octanol–water partition coefficient (Wildman–Crippen LogP) is 2.71. The van der Waals surface area contributed by atoms with Crippen molar-refractivity contribution < 1.29 is 19.2 Å². The number of thiazole rings is 1. The summed E-state index contributed by atoms with van der Waals surface area (Å²) in [5.74, 6) is 1.18. The largest absolute Gasteiger partial charge is 0.493 e. The summed E-state index contributed by atoms with van der Waals surface area (Å²) in [6, 6.07) is 13.8. The molecule has 30 heavy (non-hydrogen) atoms. The lowest BCUT2D eigenvalue weighted by Gasteiger charge is -2.12. The Morgan fingerprint density at radius 2 is 1.77 bits per heavy atom. The summed E-state index contributed by atoms with van der Waals surface area (Å²) in [4.78, 5) is 19.4. The molecule has 0 atom stereocenters. The van der Waals surface area contributed by atoms with Gasteiger partial charge < -0.3 is 19.7 Å². The van der Waals surface area contributed by atoms with Crippen LogP contribution in [-0.4, -0.2) is 39.2 Å². The van der Waals surface area contributed by atoms with Gasteiger partial charge >= 0.3 is 0 Å². The molecular weight excluding hydrogens is 398 g/mol. The third kappa shape index (κ3) is 4.98. The number of hydrogen-bond acceptors (Lipinski definition) is 5. The normalized spacial score (nSPS) is 10.9. The molecule has 158 valence electrons. The van der Waals surface area contributed by atoms with Crippen molar-refractivity contribution in [3.63, 3.8) is 0 Å². The fourth-order valence-corrected chi connectivity index (χ4v) is 4.22. The molecule has 0 saturated carbocycles. The van der Waals surface area contributed by atoms with Crippen LogP contribution in [0.4, 0.5) is 0 Å². The molecule has 0 bridgehead atoms. The van der Waals surface area contributed by atoms with Gasteiger partial charge in [0, 0.05) is 17.7 Å². The minimum absolute atomic E-state index is 0.108. The zero-order valence-electron chi connectivity index (χ0n) is 18.0. The number of carbonyl (C=O) groups is 1. The van der Waals surface area contributed by atoms with Crippen LogP contribution >= 0.6 is 11.3 Å². The molecule has 0 saturated heterocycles. The van der Waals surface area contributed by atoms with Gasteiger partial charge in [0.05, 0.1) is 34.0 Å². The van der Waals surface area contributed by atoms with E-state index in [1.807, 2.05) is 37.3 Å². The summed E-state index contributed by atoms with van der Waals surface area (Å²) in [6.07, 6.45) is 0. The Kier molecular flexibility index (Phi) is 7.07. The first-order valence-corrected chi connectivity index (χ1v) is 10.6. The molecule has 0 fully saturated rings. The highest BCUT2D eigenvalue weighted by Gasteiger charge is 2.18. The number of benzene rings is 2. The van der Waals surface area contributed by atoms with Gasteiger partial charge in [-0.1, -0.05) is 24.3 Å². The number of aryl methyl sites for hydroxylation is 1. The van der Waals surface area contributed by atoms with Gasteiger partial charge in [0.15, 0.2) is 11.5 Å². The van der Waals surface area contributed by atoms with Crippen LogP contribution in [0.2, 0.25) is 0 Å². The molecule has 0 unspecified atom stereocenters. The molecule has 0 radical (unpaired) electrons. The van der Waals surface area contributed by atoms with Crippen LogP contribution in [0.15, 0.2) is 42.5 Å². The van der Waals surface area contributed by atoms with Gasteiger partial charge in [-0.15, -0.1) is 11.3 Å². The third-order valence-electron chi connectivity index (χ3n) is 4.74. The highest BCUT2D eigenvalue weighted by molar-refractivity contribution is 7.17. The number of nitrogens with one attached hydrogen (secondary N) is 2. The minimum atomic E-state index is -0.108. The molecule has 0 aliphatic carbocycles. The standard InChI is InChI=1S/C23H27N3O3S/c1-15-21(22(27)24-13-17-8-6-7-9-18(17)14-26(2)3)30-23(25-15)16-10-11-19(28-4)20(12-16)29-5/h6-12H,13-14H2,1-5H3,(H,24,27)/p+1. The number of rotatable bonds is 8. The zero-order chi connectivity index (χ0) is 21.7. The summed E-state index contributed by atoms with van der Waals surface area (Å²) >= 11 is 1.38. The van der Waals surface area contributed by atoms with Crippen molar-refractivity contribution >= 4 is 17.2 Å². The summed E-state index contributed by atoms with van der Waals surface area (Å²) in [7, 11) is 7.44. The Morgan fingerprint density at radius 1 is 1.07 bits per heavy atom. The lowest BCUT2D eigenvalue weighted by Crippen LogP contribution is -3.04. The number of quaternary nitrogens is 1. The van der Waals surface area contributed by atoms with Crippen LogP contribution < -0.4 is 19.7 Å². The molecule has 1 amide bonds. The number of nitrogens with zero attached hydrogens (tertiary/aromatic N) is 1. The van der Waals surface area contributed by atoms with Gasteiger partial charge in [-0.05, 0) is 30.7 Å². The molecule has 2 aromatic carbocycles. The number of methoxy groups -OCH3 is 2. The molecular formula is C23H28N3O3S+. The van der Waals surface area contributed by atoms with Gasteiger partial charge in [-0.3, -0.25) is 4.79 Å². The van der Waals surface area contributed by atoms with E-state index >= 15 is 0 Å². The molecule has 6 nitrogen and oxygen atoms in total. The molecule has 0 aliphatic rings. The monoisotopic (exact) mass is 426 g/mol. The second kappa shape index (κ2) is 9.73. The fourth-order valence-electron chi connectivity index (χ4n) is 3.24. The SMILES string of the molecule is COc1ccc(-c2nc(C)c(C(=O)NCc3ccccc3C[NH+](C)C)s2)cc1OC. The Bertz CT molecular complexity index is 1030. The maximum atomic E-state index is 12.8. The van der Waals surface area contributed by atoms with Crippen molar-refractivity contribution in [2.24, 2.45) is 0 Å². The van der Waals surface area contributed by atoms with Crippen LogP contribution in [0, 0.1) is 6.92 Å². The second-order valence-corrected chi connectivity index (χ2v) is 8.34. The molecule has 7 heteroatoms. The van der Waals surface area contributed by atoms with E-state index in [1.165, 1.54) is 21.8 Å². The Labute approximate surface area is 181 Å². The third-order valence-corrected chi connectivity index (χ3v) is 5.94. The van der Waals surface area contributed by atoms with Gasteiger partial charge in [0.25, 0.3) is 5.91 Å². The average Bonchev–Trinajstić information content (AvgIpc) is 3.13. The lowest BCUT2D eigenvalue weighted by atomic mass is 10.1. The van der Waals surface area contributed by atoms with Crippen LogP contribution in [0.3, 0.4) is 0 Å². The van der Waals surface area contributed by atoms with Crippen LogP contribution in [0.25, 0.3) is 10.6 Å². The predicted molar refractivity (Wildman–Crippen MR) is 120 cm³/mol. The highest BCUT2D eigenvalue weighted by atomic mass is 32.1. The summed E-state index contributed by atoms with van der Waals surface area (Å²) in [6.45, 7) is 3.26. The summed E-state index contributed by atoms with van der Waals surface area (Å²) in [5.41, 5.74) is 3.98. The maximum Gasteiger partial charge on any atom is 0.263 e. The fraction of sp³-hybridized carbons (Fsp3) is 0.304. The van der Waals surface area contributed by atoms with Crippen molar-refractivity contribution in [2.45, 2.75) is 20.0 Å². The Morgan fingerprint density at radius 3 is 2.43 bits per heavy atom. The molecule has 0 spiro atoms. The van der Waals surface area contributed by atoms with Crippen molar-refractivity contribution in [3.8, 4) is 22.1 Å². The van der Waals surface area contributed by atoms with E-state index in [4.69, 9.17) is 9.47 Å². The van der Waals surface area contributed by atoms with Crippen molar-refractivity contribution in [3.05, 3.63) is 64.2 Å². The minimum Gasteiger partial charge on any atom is -0.493 e. The quantitative estimate of drug-likeness (QED) is 0.581. The van der Waals surface area contributed by atoms with Crippen molar-refractivity contribution in [1.29, 1.82) is 0 Å². The number of hydrogen-bond donors (Lipinski definition) is 2. The molecule has 1 aromatic heterocycles. The summed E-state index contributed by atoms with van der Waals surface area (Å²) in [5, 5.41) is 3.83. The lowest BCUT2D eigenvalue weighted by molar-refractivity contribution is -0.872. The second-order valence-electron chi connectivity index (χ2n) is 7.34. The summed E-state index contributed by atoms with van der Waals surface area (Å²) < 4.78 is 10.7. The van der Waals surface area contributed by atoms with Gasteiger partial charge in [-0.25, -0.2) is 4.98 Å². The van der Waals surface area contributed by atoms with Crippen LogP contribution in [0.5, 0.6) is 11.5 Å². The van der Waals surface area contributed by atoms with E-state index < -0.39 is 0 Å². The van der Waals surface area contributed by atoms with Gasteiger partial charge in [0.2, 0.25) is 0 Å². The van der Waals surface area contributed by atoms with E-state index in [9.17, 15) is 4.79 Å². The molecule has 2 N–H and O–H groups in total. The first kappa shape index (κ1) is 21.8. The number of amides is 1. The maximum absolute atomic E-state index is 12.8. The molecule has 3 rings (SSSR count). The molecule has 1 heterocycles. The first-order chi connectivity index (χ1) is 14.4. The zero-order valence-corrected chi connectivity index (χ0v) is 18.9. The first-order valence-electron chi connectivity index (χ1n) is 9.76. The molecule has 0 aliphatic heterocycles.